The molecule has 92 valence electrons. The zero-order valence-electron chi connectivity index (χ0n) is 9.60. The fourth-order valence-electron chi connectivity index (χ4n) is 1.20. The molecular weight excluding hydrogens is 288 g/mol. The van der Waals surface area contributed by atoms with Gasteiger partial charge in [0.15, 0.2) is 12.4 Å². The summed E-state index contributed by atoms with van der Waals surface area (Å²) in [6.45, 7) is 3.64. The lowest BCUT2D eigenvalue weighted by atomic mass is 10.2. The number of hydrogen-bond acceptors (Lipinski definition) is 4. The van der Waals surface area contributed by atoms with Crippen LogP contribution in [0.15, 0.2) is 22.7 Å². The molecule has 5 heteroatoms. The SMILES string of the molecule is CCOC(=O)[C@@H](C)Oc1ccc(Br)c(C=O)c1. The van der Waals surface area contributed by atoms with Crippen molar-refractivity contribution in [1.82, 2.24) is 0 Å². The number of aldehydes is 1. The molecule has 0 spiro atoms. The van der Waals surface area contributed by atoms with E-state index in [1.54, 1.807) is 32.0 Å². The quantitative estimate of drug-likeness (QED) is 0.619. The summed E-state index contributed by atoms with van der Waals surface area (Å²) in [6, 6.07) is 4.93. The number of halogens is 1. The van der Waals surface area contributed by atoms with Crippen LogP contribution in [-0.2, 0) is 9.53 Å². The molecule has 0 aliphatic heterocycles. The molecule has 0 radical (unpaired) electrons. The van der Waals surface area contributed by atoms with Crippen LogP contribution in [-0.4, -0.2) is 25.0 Å². The number of benzene rings is 1. The van der Waals surface area contributed by atoms with Crippen LogP contribution in [0.25, 0.3) is 0 Å². The van der Waals surface area contributed by atoms with Gasteiger partial charge in [-0.3, -0.25) is 4.79 Å². The fraction of sp³-hybridized carbons (Fsp3) is 0.333. The van der Waals surface area contributed by atoms with Crippen LogP contribution >= 0.6 is 15.9 Å². The Balaban J connectivity index is 2.74. The number of carbonyl (C=O) groups is 2. The molecule has 0 bridgehead atoms. The molecule has 0 fully saturated rings. The summed E-state index contributed by atoms with van der Waals surface area (Å²) in [5.41, 5.74) is 0.471. The highest BCUT2D eigenvalue weighted by Gasteiger charge is 2.16. The van der Waals surface area contributed by atoms with Crippen LogP contribution in [0, 0.1) is 0 Å². The monoisotopic (exact) mass is 300 g/mol. The van der Waals surface area contributed by atoms with Gasteiger partial charge >= 0.3 is 5.97 Å². The maximum atomic E-state index is 11.3. The fourth-order valence-corrected chi connectivity index (χ4v) is 1.54. The minimum absolute atomic E-state index is 0.312. The number of esters is 1. The van der Waals surface area contributed by atoms with Crippen LogP contribution in [0.5, 0.6) is 5.75 Å². The molecule has 0 aromatic heterocycles. The second-order valence-corrected chi connectivity index (χ2v) is 4.17. The number of carbonyl (C=O) groups excluding carboxylic acids is 2. The highest BCUT2D eigenvalue weighted by molar-refractivity contribution is 9.10. The predicted molar refractivity (Wildman–Crippen MR) is 66.3 cm³/mol. The van der Waals surface area contributed by atoms with E-state index in [4.69, 9.17) is 9.47 Å². The van der Waals surface area contributed by atoms with Gasteiger partial charge in [0.05, 0.1) is 6.61 Å². The highest BCUT2D eigenvalue weighted by atomic mass is 79.9. The summed E-state index contributed by atoms with van der Waals surface area (Å²) >= 11 is 3.23. The third-order valence-electron chi connectivity index (χ3n) is 2.03. The van der Waals surface area contributed by atoms with Crippen molar-refractivity contribution in [2.24, 2.45) is 0 Å². The Kier molecular flexibility index (Phi) is 5.15. The number of hydrogen-bond donors (Lipinski definition) is 0. The molecule has 1 rings (SSSR count). The maximum absolute atomic E-state index is 11.3. The minimum Gasteiger partial charge on any atom is -0.479 e. The summed E-state index contributed by atoms with van der Waals surface area (Å²) in [5.74, 6) is 0.0268. The van der Waals surface area contributed by atoms with E-state index in [2.05, 4.69) is 15.9 Å². The van der Waals surface area contributed by atoms with Crippen molar-refractivity contribution in [1.29, 1.82) is 0 Å². The van der Waals surface area contributed by atoms with Gasteiger partial charge in [-0.05, 0) is 32.0 Å². The van der Waals surface area contributed by atoms with E-state index in [0.717, 1.165) is 0 Å². The molecule has 0 saturated carbocycles. The first-order chi connectivity index (χ1) is 8.08. The standard InChI is InChI=1S/C12H13BrO4/c1-3-16-12(15)8(2)17-10-4-5-11(13)9(6-10)7-14/h4-8H,3H2,1-2H3/t8-/m1/s1. The van der Waals surface area contributed by atoms with Gasteiger partial charge in [0, 0.05) is 10.0 Å². The lowest BCUT2D eigenvalue weighted by Crippen LogP contribution is -2.26. The van der Waals surface area contributed by atoms with Gasteiger partial charge in [-0.2, -0.15) is 0 Å². The molecule has 0 saturated heterocycles. The molecule has 0 aliphatic carbocycles. The second kappa shape index (κ2) is 6.39. The largest absolute Gasteiger partial charge is 0.479 e. The van der Waals surface area contributed by atoms with Crippen LogP contribution < -0.4 is 4.74 Å². The Morgan fingerprint density at radius 2 is 2.24 bits per heavy atom. The highest BCUT2D eigenvalue weighted by Crippen LogP contribution is 2.22. The van der Waals surface area contributed by atoms with E-state index in [-0.39, 0.29) is 0 Å². The third-order valence-corrected chi connectivity index (χ3v) is 2.75. The number of rotatable bonds is 5. The van der Waals surface area contributed by atoms with E-state index in [0.29, 0.717) is 28.7 Å². The first-order valence-corrected chi connectivity index (χ1v) is 5.95. The molecule has 0 heterocycles. The Morgan fingerprint density at radius 1 is 1.53 bits per heavy atom. The zero-order valence-corrected chi connectivity index (χ0v) is 11.2. The van der Waals surface area contributed by atoms with Crippen molar-refractivity contribution in [3.63, 3.8) is 0 Å². The average Bonchev–Trinajstić information content (AvgIpc) is 2.31. The zero-order chi connectivity index (χ0) is 12.8. The van der Waals surface area contributed by atoms with E-state index in [1.165, 1.54) is 0 Å². The number of ether oxygens (including phenoxy) is 2. The van der Waals surface area contributed by atoms with E-state index < -0.39 is 12.1 Å². The first-order valence-electron chi connectivity index (χ1n) is 5.16. The summed E-state index contributed by atoms with van der Waals surface area (Å²) in [6.07, 6.45) is 0.0158. The molecule has 1 atom stereocenters. The van der Waals surface area contributed by atoms with Gasteiger partial charge < -0.3 is 9.47 Å². The third kappa shape index (κ3) is 3.85. The Morgan fingerprint density at radius 3 is 2.82 bits per heavy atom. The van der Waals surface area contributed by atoms with Crippen molar-refractivity contribution >= 4 is 28.2 Å². The topological polar surface area (TPSA) is 52.6 Å². The lowest BCUT2D eigenvalue weighted by Gasteiger charge is -2.13. The molecule has 1 aromatic rings. The second-order valence-electron chi connectivity index (χ2n) is 3.31. The van der Waals surface area contributed by atoms with Crippen LogP contribution in [0.1, 0.15) is 24.2 Å². The lowest BCUT2D eigenvalue weighted by molar-refractivity contribution is -0.150. The van der Waals surface area contributed by atoms with Gasteiger partial charge in [0.1, 0.15) is 5.75 Å². The van der Waals surface area contributed by atoms with Crippen LogP contribution in [0.2, 0.25) is 0 Å². The van der Waals surface area contributed by atoms with Gasteiger partial charge in [-0.1, -0.05) is 15.9 Å². The molecule has 0 N–H and O–H groups in total. The summed E-state index contributed by atoms with van der Waals surface area (Å²) in [5, 5.41) is 0. The Bertz CT molecular complexity index is 417. The van der Waals surface area contributed by atoms with Crippen molar-refractivity contribution in [2.45, 2.75) is 20.0 Å². The van der Waals surface area contributed by atoms with Crippen molar-refractivity contribution in [2.75, 3.05) is 6.61 Å². The molecule has 4 nitrogen and oxygen atoms in total. The summed E-state index contributed by atoms with van der Waals surface area (Å²) < 4.78 is 10.9. The van der Waals surface area contributed by atoms with E-state index in [1.807, 2.05) is 0 Å². The normalized spacial score (nSPS) is 11.7. The summed E-state index contributed by atoms with van der Waals surface area (Å²) in [4.78, 5) is 22.1. The summed E-state index contributed by atoms with van der Waals surface area (Å²) in [7, 11) is 0. The van der Waals surface area contributed by atoms with E-state index in [9.17, 15) is 9.59 Å². The molecule has 1 aromatic carbocycles. The average molecular weight is 301 g/mol. The van der Waals surface area contributed by atoms with E-state index >= 15 is 0 Å². The molecular formula is C12H13BrO4. The minimum atomic E-state index is -0.698. The maximum Gasteiger partial charge on any atom is 0.347 e. The van der Waals surface area contributed by atoms with Crippen molar-refractivity contribution in [3.05, 3.63) is 28.2 Å². The van der Waals surface area contributed by atoms with Gasteiger partial charge in [0.2, 0.25) is 0 Å². The van der Waals surface area contributed by atoms with Crippen molar-refractivity contribution in [3.8, 4) is 5.75 Å². The van der Waals surface area contributed by atoms with Gasteiger partial charge in [-0.25, -0.2) is 4.79 Å². The molecule has 0 amide bonds. The predicted octanol–water partition coefficient (Wildman–Crippen LogP) is 2.59. The molecule has 0 aliphatic rings. The Hall–Kier alpha value is -1.36. The Labute approximate surface area is 108 Å². The van der Waals surface area contributed by atoms with Crippen LogP contribution in [0.4, 0.5) is 0 Å². The molecule has 0 unspecified atom stereocenters. The first kappa shape index (κ1) is 13.7. The van der Waals surface area contributed by atoms with Gasteiger partial charge in [-0.15, -0.1) is 0 Å². The molecule has 17 heavy (non-hydrogen) atoms. The van der Waals surface area contributed by atoms with Gasteiger partial charge in [0.25, 0.3) is 0 Å². The van der Waals surface area contributed by atoms with Crippen LogP contribution in [0.3, 0.4) is 0 Å². The smallest absolute Gasteiger partial charge is 0.347 e. The van der Waals surface area contributed by atoms with Crippen molar-refractivity contribution < 1.29 is 19.1 Å².